The number of rotatable bonds is 6. The molecule has 2 aliphatic heterocycles. The minimum Gasteiger partial charge on any atom is -1.00 e. The number of hydrogen-bond donors (Lipinski definition) is 0. The van der Waals surface area contributed by atoms with Crippen molar-refractivity contribution in [2.45, 2.75) is 73.7 Å². The number of imidazole rings is 2. The molecule has 0 amide bonds. The Labute approximate surface area is 337 Å². The fourth-order valence-electron chi connectivity index (χ4n) is 6.46. The molecule has 10 rings (SSSR count). The summed E-state index contributed by atoms with van der Waals surface area (Å²) >= 11 is 0. The minimum absolute atomic E-state index is 0. The second kappa shape index (κ2) is 14.2. The standard InChI is InChI=1S/2C19H18N6.CH4.Na.H/c2*1-12-9-20-13(2)18-22-17(23-25(12)18)8-7-15-11-24-10-14-5-3-4-6-16(14)19(24)21-15;;;/h2*3-6,9,11H,7-8,10H2,1-2H3;1H4;;/q;;;+1;-1/i1D3,2D3,10D2;;;;. The Balaban J connectivity index is 0.000000201. The molecule has 13 heteroatoms. The third kappa shape index (κ3) is 6.35. The average Bonchev–Trinajstić information content (AvgIpc) is 4.02. The predicted octanol–water partition coefficient (Wildman–Crippen LogP) is 3.26. The summed E-state index contributed by atoms with van der Waals surface area (Å²) in [4.78, 5) is 26.5. The van der Waals surface area contributed by atoms with E-state index in [1.165, 1.54) is 15.7 Å². The molecule has 0 spiro atoms. The van der Waals surface area contributed by atoms with Gasteiger partial charge in [0.1, 0.15) is 11.6 Å². The smallest absolute Gasteiger partial charge is 1.00 e. The molecule has 258 valence electrons. The fourth-order valence-corrected chi connectivity index (χ4v) is 6.46. The van der Waals surface area contributed by atoms with Crippen molar-refractivity contribution < 1.29 is 41.9 Å². The van der Waals surface area contributed by atoms with Crippen LogP contribution in [-0.2, 0) is 38.7 Å². The number of benzene rings is 2. The molecule has 2 aromatic carbocycles. The van der Waals surface area contributed by atoms with Crippen LogP contribution in [0.4, 0.5) is 0 Å². The van der Waals surface area contributed by atoms with Gasteiger partial charge in [0.15, 0.2) is 22.9 Å². The number of hydrogen-bond acceptors (Lipinski definition) is 8. The number of nitrogens with zero attached hydrogens (tertiary/aromatic N) is 12. The Hall–Kier alpha value is -5.04. The van der Waals surface area contributed by atoms with Gasteiger partial charge in [0, 0.05) is 70.0 Å². The molecule has 52 heavy (non-hydrogen) atoms. The summed E-state index contributed by atoms with van der Waals surface area (Å²) in [5.41, 5.74) is 7.68. The van der Waals surface area contributed by atoms with Crippen molar-refractivity contribution in [1.82, 2.24) is 58.3 Å². The van der Waals surface area contributed by atoms with Crippen molar-refractivity contribution in [3.63, 3.8) is 0 Å². The van der Waals surface area contributed by atoms with Gasteiger partial charge in [-0.1, -0.05) is 56.0 Å². The first-order valence-electron chi connectivity index (χ1n) is 20.3. The van der Waals surface area contributed by atoms with E-state index in [0.717, 1.165) is 70.0 Å². The molecule has 0 saturated heterocycles. The van der Waals surface area contributed by atoms with E-state index in [0.29, 0.717) is 23.5 Å². The molecule has 0 bridgehead atoms. The topological polar surface area (TPSA) is 122 Å². The van der Waals surface area contributed by atoms with Crippen LogP contribution in [0.5, 0.6) is 0 Å². The van der Waals surface area contributed by atoms with Crippen molar-refractivity contribution in [2.75, 3.05) is 0 Å². The van der Waals surface area contributed by atoms with Crippen LogP contribution in [0.25, 0.3) is 34.1 Å². The monoisotopic (exact) mass is 708 g/mol. The predicted molar refractivity (Wildman–Crippen MR) is 197 cm³/mol. The van der Waals surface area contributed by atoms with E-state index in [2.05, 4.69) is 70.1 Å². The van der Waals surface area contributed by atoms with Gasteiger partial charge >= 0.3 is 29.6 Å². The Bertz CT molecular complexity index is 2800. The van der Waals surface area contributed by atoms with Gasteiger partial charge in [-0.2, -0.15) is 10.2 Å². The van der Waals surface area contributed by atoms with Crippen LogP contribution in [0, 0.1) is 27.6 Å². The molecule has 0 atom stereocenters. The van der Waals surface area contributed by atoms with Crippen LogP contribution in [0.3, 0.4) is 0 Å². The average molecular weight is 709 g/mol. The molecule has 0 saturated carbocycles. The molecule has 8 aromatic rings. The molecule has 0 radical (unpaired) electrons. The Morgan fingerprint density at radius 1 is 0.673 bits per heavy atom. The molecule has 0 unspecified atom stereocenters. The van der Waals surface area contributed by atoms with Crippen LogP contribution in [-0.4, -0.2) is 58.3 Å². The van der Waals surface area contributed by atoms with Gasteiger partial charge < -0.3 is 10.6 Å². The normalized spacial score (nSPS) is 15.8. The first kappa shape index (κ1) is 26.7. The van der Waals surface area contributed by atoms with E-state index in [4.69, 9.17) is 16.0 Å². The summed E-state index contributed by atoms with van der Waals surface area (Å²) in [5.74, 6) is 2.69. The first-order chi connectivity index (χ1) is 27.6. The number of aryl methyl sites for hydroxylation is 8. The molecule has 12 nitrogen and oxygen atoms in total. The molecule has 0 aliphatic carbocycles. The maximum absolute atomic E-state index is 8.44. The third-order valence-corrected chi connectivity index (χ3v) is 8.96. The summed E-state index contributed by atoms with van der Waals surface area (Å²) in [7, 11) is 0. The van der Waals surface area contributed by atoms with Crippen molar-refractivity contribution in [3.8, 4) is 22.8 Å². The summed E-state index contributed by atoms with van der Waals surface area (Å²) in [6, 6.07) is 15.7. The van der Waals surface area contributed by atoms with E-state index >= 15 is 0 Å². The second-order valence-corrected chi connectivity index (χ2v) is 12.4. The van der Waals surface area contributed by atoms with E-state index in [9.17, 15) is 0 Å². The fraction of sp³-hybridized carbons (Fsp3) is 0.282. The quantitative estimate of drug-likeness (QED) is 0.242. The SMILES string of the molecule is C.Cc1ncc(C)n2nc(CCc3cn4c(n3)-c3ccccc3C4)nc12.[2H]C([2H])([2H])c1ncc(C([2H])([2H])[2H])n2nc(CCc3cn4c(n3)-c3ccccc3C4([2H])[2H])nc12.[H-].[Na+]. The zero-order chi connectivity index (χ0) is 40.7. The zero-order valence-electron chi connectivity index (χ0n) is 37.3. The van der Waals surface area contributed by atoms with E-state index in [-0.39, 0.29) is 67.7 Å². The summed E-state index contributed by atoms with van der Waals surface area (Å²) in [5, 5.41) is 8.86. The van der Waals surface area contributed by atoms with Gasteiger partial charge in [0.25, 0.3) is 0 Å². The van der Waals surface area contributed by atoms with Crippen molar-refractivity contribution >= 4 is 11.3 Å². The van der Waals surface area contributed by atoms with Crippen molar-refractivity contribution in [3.05, 3.63) is 130 Å². The third-order valence-electron chi connectivity index (χ3n) is 8.96. The number of aromatic nitrogens is 12. The van der Waals surface area contributed by atoms with Gasteiger partial charge in [-0.05, 0) is 51.5 Å². The zero-order valence-corrected chi connectivity index (χ0v) is 30.3. The number of fused-ring (bicyclic) bond motifs is 8. The Kier molecular flexibility index (Phi) is 7.28. The van der Waals surface area contributed by atoms with E-state index in [1.54, 1.807) is 18.3 Å². The summed E-state index contributed by atoms with van der Waals surface area (Å²) in [6.07, 6.45) is 8.86. The largest absolute Gasteiger partial charge is 1.00 e. The molecule has 2 aliphatic rings. The molecule has 0 N–H and O–H groups in total. The first-order valence-corrected chi connectivity index (χ1v) is 16.3. The maximum Gasteiger partial charge on any atom is 1.00 e. The van der Waals surface area contributed by atoms with Crippen LogP contribution < -0.4 is 29.6 Å². The molecular formula is C39H41N12Na. The molecule has 0 fully saturated rings. The van der Waals surface area contributed by atoms with Gasteiger partial charge in [-0.25, -0.2) is 29.0 Å². The summed E-state index contributed by atoms with van der Waals surface area (Å²) < 4.78 is 69.6. The maximum atomic E-state index is 8.44. The van der Waals surface area contributed by atoms with Crippen molar-refractivity contribution in [2.24, 2.45) is 0 Å². The molecule has 8 heterocycles. The Morgan fingerprint density at radius 2 is 1.23 bits per heavy atom. The van der Waals surface area contributed by atoms with Crippen LogP contribution >= 0.6 is 0 Å². The molecule has 6 aromatic heterocycles. The summed E-state index contributed by atoms with van der Waals surface area (Å²) in [6.45, 7) is -1.97. The minimum atomic E-state index is -2.58. The van der Waals surface area contributed by atoms with Gasteiger partial charge in [-0.3, -0.25) is 9.97 Å². The van der Waals surface area contributed by atoms with E-state index in [1.807, 2.05) is 36.7 Å². The van der Waals surface area contributed by atoms with Crippen LogP contribution in [0.2, 0.25) is 0 Å². The van der Waals surface area contributed by atoms with Crippen LogP contribution in [0.15, 0.2) is 73.3 Å². The van der Waals surface area contributed by atoms with Gasteiger partial charge in [0.05, 0.1) is 36.9 Å². The van der Waals surface area contributed by atoms with Crippen LogP contribution in [0.1, 0.15) is 76.8 Å². The van der Waals surface area contributed by atoms with Gasteiger partial charge in [0.2, 0.25) is 0 Å². The second-order valence-electron chi connectivity index (χ2n) is 12.4. The van der Waals surface area contributed by atoms with Crippen molar-refractivity contribution in [1.29, 1.82) is 0 Å². The van der Waals surface area contributed by atoms with Gasteiger partial charge in [-0.15, -0.1) is 0 Å². The Morgan fingerprint density at radius 3 is 1.90 bits per heavy atom. The molecular weight excluding hydrogens is 660 g/mol. The van der Waals surface area contributed by atoms with E-state index < -0.39 is 20.2 Å².